The van der Waals surface area contributed by atoms with E-state index in [-0.39, 0.29) is 6.04 Å². The van der Waals surface area contributed by atoms with Crippen LogP contribution in [0.3, 0.4) is 0 Å². The summed E-state index contributed by atoms with van der Waals surface area (Å²) >= 11 is 0. The van der Waals surface area contributed by atoms with Gasteiger partial charge in [0, 0.05) is 18.6 Å². The summed E-state index contributed by atoms with van der Waals surface area (Å²) in [7, 11) is 0. The fraction of sp³-hybridized carbons (Fsp3) is 0.667. The first-order chi connectivity index (χ1) is 3.79. The monoisotopic (exact) mass is 112 g/mol. The Morgan fingerprint density at radius 2 is 2.38 bits per heavy atom. The van der Waals surface area contributed by atoms with Gasteiger partial charge in [-0.2, -0.15) is 0 Å². The van der Waals surface area contributed by atoms with Crippen LogP contribution in [-0.2, 0) is 0 Å². The van der Waals surface area contributed by atoms with Gasteiger partial charge in [0.25, 0.3) is 0 Å². The van der Waals surface area contributed by atoms with Gasteiger partial charge in [-0.05, 0) is 6.92 Å². The fourth-order valence-corrected chi connectivity index (χ4v) is 0.767. The summed E-state index contributed by atoms with van der Waals surface area (Å²) in [6.45, 7) is 3.03. The van der Waals surface area contributed by atoms with E-state index in [4.69, 9.17) is 5.73 Å². The molecule has 1 aliphatic rings. The van der Waals surface area contributed by atoms with Gasteiger partial charge in [-0.3, -0.25) is 0 Å². The first-order valence-corrected chi connectivity index (χ1v) is 2.96. The van der Waals surface area contributed by atoms with Crippen molar-refractivity contribution in [3.8, 4) is 0 Å². The van der Waals surface area contributed by atoms with Gasteiger partial charge < -0.3 is 11.1 Å². The summed E-state index contributed by atoms with van der Waals surface area (Å²) in [4.78, 5) is 0. The molecule has 0 bridgehead atoms. The topological polar surface area (TPSA) is 38.0 Å². The molecule has 46 valence electrons. The molecule has 0 fully saturated rings. The maximum atomic E-state index is 5.55. The summed E-state index contributed by atoms with van der Waals surface area (Å²) in [5.74, 6) is 0. The van der Waals surface area contributed by atoms with Crippen molar-refractivity contribution in [1.29, 1.82) is 0 Å². The second-order valence-electron chi connectivity index (χ2n) is 2.25. The van der Waals surface area contributed by atoms with Crippen LogP contribution in [0.1, 0.15) is 6.92 Å². The lowest BCUT2D eigenvalue weighted by Gasteiger charge is -2.17. The van der Waals surface area contributed by atoms with E-state index in [0.29, 0.717) is 6.04 Å². The predicted molar refractivity (Wildman–Crippen MR) is 34.6 cm³/mol. The van der Waals surface area contributed by atoms with Gasteiger partial charge in [-0.25, -0.2) is 0 Å². The van der Waals surface area contributed by atoms with Crippen LogP contribution in [0.5, 0.6) is 0 Å². The van der Waals surface area contributed by atoms with E-state index >= 15 is 0 Å². The first-order valence-electron chi connectivity index (χ1n) is 2.96. The quantitative estimate of drug-likeness (QED) is 0.428. The van der Waals surface area contributed by atoms with Crippen molar-refractivity contribution < 1.29 is 0 Å². The zero-order valence-corrected chi connectivity index (χ0v) is 5.09. The third-order valence-electron chi connectivity index (χ3n) is 1.32. The SMILES string of the molecule is CC1C=CC(N)CN1. The third-order valence-corrected chi connectivity index (χ3v) is 1.32. The molecule has 3 N–H and O–H groups in total. The van der Waals surface area contributed by atoms with Gasteiger partial charge in [0.2, 0.25) is 0 Å². The summed E-state index contributed by atoms with van der Waals surface area (Å²) in [6, 6.07) is 0.737. The van der Waals surface area contributed by atoms with Crippen LogP contribution in [0.4, 0.5) is 0 Å². The lowest BCUT2D eigenvalue weighted by molar-refractivity contribution is 0.570. The number of hydrogen-bond donors (Lipinski definition) is 2. The van der Waals surface area contributed by atoms with Crippen LogP contribution in [0.15, 0.2) is 12.2 Å². The molecule has 0 radical (unpaired) electrons. The minimum Gasteiger partial charge on any atom is -0.323 e. The van der Waals surface area contributed by atoms with Crippen LogP contribution < -0.4 is 11.1 Å². The number of nitrogens with one attached hydrogen (secondary N) is 1. The van der Waals surface area contributed by atoms with E-state index in [9.17, 15) is 0 Å². The molecule has 0 aromatic rings. The van der Waals surface area contributed by atoms with Crippen molar-refractivity contribution in [2.45, 2.75) is 19.0 Å². The van der Waals surface area contributed by atoms with Crippen LogP contribution in [0.25, 0.3) is 0 Å². The second-order valence-corrected chi connectivity index (χ2v) is 2.25. The van der Waals surface area contributed by atoms with Crippen molar-refractivity contribution in [3.63, 3.8) is 0 Å². The first kappa shape index (κ1) is 5.79. The lowest BCUT2D eigenvalue weighted by atomic mass is 10.1. The Hall–Kier alpha value is -0.340. The van der Waals surface area contributed by atoms with Gasteiger partial charge in [-0.1, -0.05) is 12.2 Å². The third kappa shape index (κ3) is 1.32. The molecule has 0 aliphatic carbocycles. The molecule has 1 aliphatic heterocycles. The van der Waals surface area contributed by atoms with Crippen molar-refractivity contribution in [3.05, 3.63) is 12.2 Å². The Morgan fingerprint density at radius 3 is 2.75 bits per heavy atom. The van der Waals surface area contributed by atoms with E-state index in [1.165, 1.54) is 0 Å². The minimum absolute atomic E-state index is 0.228. The van der Waals surface area contributed by atoms with E-state index in [1.54, 1.807) is 0 Å². The van der Waals surface area contributed by atoms with Gasteiger partial charge in [0.05, 0.1) is 0 Å². The molecule has 2 atom stereocenters. The molecule has 8 heavy (non-hydrogen) atoms. The summed E-state index contributed by atoms with van der Waals surface area (Å²) in [5, 5.41) is 3.22. The summed E-state index contributed by atoms with van der Waals surface area (Å²) < 4.78 is 0. The number of hydrogen-bond acceptors (Lipinski definition) is 2. The largest absolute Gasteiger partial charge is 0.323 e. The van der Waals surface area contributed by atoms with Crippen LogP contribution >= 0.6 is 0 Å². The minimum atomic E-state index is 0.228. The normalized spacial score (nSPS) is 37.8. The van der Waals surface area contributed by atoms with Crippen LogP contribution in [-0.4, -0.2) is 18.6 Å². The molecular formula is C6H12N2. The van der Waals surface area contributed by atoms with Crippen LogP contribution in [0.2, 0.25) is 0 Å². The fourth-order valence-electron chi connectivity index (χ4n) is 0.767. The second kappa shape index (κ2) is 2.29. The van der Waals surface area contributed by atoms with Gasteiger partial charge in [-0.15, -0.1) is 0 Å². The molecular weight excluding hydrogens is 100 g/mol. The zero-order valence-electron chi connectivity index (χ0n) is 5.09. The molecule has 0 aromatic heterocycles. The Balaban J connectivity index is 2.42. The van der Waals surface area contributed by atoms with E-state index in [2.05, 4.69) is 18.3 Å². The zero-order chi connectivity index (χ0) is 5.98. The van der Waals surface area contributed by atoms with Gasteiger partial charge in [0.15, 0.2) is 0 Å². The van der Waals surface area contributed by atoms with Gasteiger partial charge >= 0.3 is 0 Å². The molecule has 2 unspecified atom stereocenters. The highest BCUT2D eigenvalue weighted by molar-refractivity contribution is 5.02. The van der Waals surface area contributed by atoms with Crippen molar-refractivity contribution in [2.75, 3.05) is 6.54 Å². The Kier molecular flexibility index (Phi) is 1.65. The average Bonchev–Trinajstić information content (AvgIpc) is 1.77. The van der Waals surface area contributed by atoms with E-state index in [0.717, 1.165) is 6.54 Å². The maximum Gasteiger partial charge on any atom is 0.0351 e. The molecule has 0 saturated carbocycles. The smallest absolute Gasteiger partial charge is 0.0351 e. The Morgan fingerprint density at radius 1 is 1.62 bits per heavy atom. The molecule has 0 saturated heterocycles. The van der Waals surface area contributed by atoms with Crippen LogP contribution in [0, 0.1) is 0 Å². The molecule has 1 rings (SSSR count). The summed E-state index contributed by atoms with van der Waals surface area (Å²) in [5.41, 5.74) is 5.55. The Bertz CT molecular complexity index is 86.7. The van der Waals surface area contributed by atoms with E-state index < -0.39 is 0 Å². The molecule has 2 nitrogen and oxygen atoms in total. The number of rotatable bonds is 0. The highest BCUT2D eigenvalue weighted by Gasteiger charge is 2.04. The van der Waals surface area contributed by atoms with Crippen molar-refractivity contribution in [1.82, 2.24) is 5.32 Å². The standard InChI is InChI=1S/C6H12N2/c1-5-2-3-6(7)4-8-5/h2-3,5-6,8H,4,7H2,1H3. The Labute approximate surface area is 49.8 Å². The number of nitrogens with two attached hydrogens (primary N) is 1. The van der Waals surface area contributed by atoms with Crippen molar-refractivity contribution in [2.24, 2.45) is 5.73 Å². The highest BCUT2D eigenvalue weighted by atomic mass is 14.9. The molecule has 0 spiro atoms. The molecule has 0 amide bonds. The lowest BCUT2D eigenvalue weighted by Crippen LogP contribution is -2.40. The maximum absolute atomic E-state index is 5.55. The average molecular weight is 112 g/mol. The predicted octanol–water partition coefficient (Wildman–Crippen LogP) is -0.138. The van der Waals surface area contributed by atoms with Gasteiger partial charge in [0.1, 0.15) is 0 Å². The highest BCUT2D eigenvalue weighted by Crippen LogP contribution is 1.93. The summed E-state index contributed by atoms with van der Waals surface area (Å²) in [6.07, 6.45) is 4.13. The molecule has 2 heteroatoms. The van der Waals surface area contributed by atoms with Crippen molar-refractivity contribution >= 4 is 0 Å². The van der Waals surface area contributed by atoms with E-state index in [1.807, 2.05) is 6.08 Å². The molecule has 1 heterocycles. The molecule has 0 aromatic carbocycles.